The van der Waals surface area contributed by atoms with Crippen LogP contribution in [-0.4, -0.2) is 23.8 Å². The predicted octanol–water partition coefficient (Wildman–Crippen LogP) is 4.09. The fourth-order valence-electron chi connectivity index (χ4n) is 3.70. The smallest absolute Gasteiger partial charge is 0.338 e. The van der Waals surface area contributed by atoms with Crippen LogP contribution in [0.5, 0.6) is 0 Å². The molecule has 0 aliphatic carbocycles. The number of para-hydroxylation sites is 1. The minimum absolute atomic E-state index is 0.0145. The number of aryl methyl sites for hydroxylation is 1. The molecular weight excluding hydrogens is 485 g/mol. The molecule has 4 aromatic rings. The zero-order chi connectivity index (χ0) is 26.0. The number of aromatic nitrogens is 2. The summed E-state index contributed by atoms with van der Waals surface area (Å²) >= 11 is 0. The molecule has 1 heterocycles. The Morgan fingerprint density at radius 1 is 1.00 bits per heavy atom. The maximum absolute atomic E-state index is 13.8. The Hall–Kier alpha value is -4.18. The van der Waals surface area contributed by atoms with Crippen LogP contribution in [0.3, 0.4) is 0 Å². The van der Waals surface area contributed by atoms with Gasteiger partial charge in [0.1, 0.15) is 18.1 Å². The summed E-state index contributed by atoms with van der Waals surface area (Å²) in [5.74, 6) is -1.31. The van der Waals surface area contributed by atoms with Gasteiger partial charge >= 0.3 is 5.97 Å². The molecule has 0 amide bonds. The molecule has 36 heavy (non-hydrogen) atoms. The largest absolute Gasteiger partial charge is 0.457 e. The molecule has 0 saturated heterocycles. The Balaban J connectivity index is 1.62. The van der Waals surface area contributed by atoms with Crippen molar-refractivity contribution in [3.05, 3.63) is 111 Å². The van der Waals surface area contributed by atoms with Crippen LogP contribution in [0, 0.1) is 19.7 Å². The summed E-state index contributed by atoms with van der Waals surface area (Å²) in [5, 5.41) is 0. The van der Waals surface area contributed by atoms with Crippen molar-refractivity contribution >= 4 is 21.7 Å². The highest BCUT2D eigenvalue weighted by molar-refractivity contribution is 7.92. The van der Waals surface area contributed by atoms with E-state index in [1.807, 2.05) is 6.07 Å². The predicted molar refractivity (Wildman–Crippen MR) is 133 cm³/mol. The first-order valence-electron chi connectivity index (χ1n) is 11.0. The summed E-state index contributed by atoms with van der Waals surface area (Å²) in [6.45, 7) is 2.95. The Morgan fingerprint density at radius 3 is 2.36 bits per heavy atom. The number of sulfonamides is 1. The van der Waals surface area contributed by atoms with Crippen LogP contribution >= 0.6 is 0 Å². The summed E-state index contributed by atoms with van der Waals surface area (Å²) < 4.78 is 50.7. The van der Waals surface area contributed by atoms with Crippen molar-refractivity contribution in [3.8, 4) is 5.69 Å². The van der Waals surface area contributed by atoms with Gasteiger partial charge in [0.05, 0.1) is 21.8 Å². The highest BCUT2D eigenvalue weighted by atomic mass is 32.2. The van der Waals surface area contributed by atoms with E-state index in [2.05, 4.69) is 4.72 Å². The molecule has 186 valence electrons. The summed E-state index contributed by atoms with van der Waals surface area (Å²) in [5.41, 5.74) is 1.03. The van der Waals surface area contributed by atoms with Gasteiger partial charge in [0.25, 0.3) is 15.6 Å². The number of hydrogen-bond acceptors (Lipinski definition) is 5. The molecule has 0 aliphatic heterocycles. The van der Waals surface area contributed by atoms with Gasteiger partial charge < -0.3 is 4.74 Å². The van der Waals surface area contributed by atoms with Gasteiger partial charge in [0, 0.05) is 12.6 Å². The molecule has 0 unspecified atom stereocenters. The Kier molecular flexibility index (Phi) is 6.80. The van der Waals surface area contributed by atoms with Gasteiger partial charge in [0.2, 0.25) is 0 Å². The molecule has 0 bridgehead atoms. The highest BCUT2D eigenvalue weighted by Gasteiger charge is 2.24. The standard InChI is InChI=1S/C26H24FN3O5S/c1-17-13-14-21(15-22(17)26(32)35-16-19-9-7-8-12-23(19)27)36(33,34)28-24-18(2)29(3)30(25(24)31)20-10-5-4-6-11-20/h4-15,28H,16H2,1-3H3. The zero-order valence-electron chi connectivity index (χ0n) is 19.9. The monoisotopic (exact) mass is 509 g/mol. The van der Waals surface area contributed by atoms with Crippen molar-refractivity contribution in [1.82, 2.24) is 9.36 Å². The van der Waals surface area contributed by atoms with Crippen LogP contribution in [0.2, 0.25) is 0 Å². The van der Waals surface area contributed by atoms with Crippen LogP contribution in [0.15, 0.2) is 82.5 Å². The summed E-state index contributed by atoms with van der Waals surface area (Å²) in [6.07, 6.45) is 0. The molecule has 0 aliphatic rings. The number of rotatable bonds is 7. The second-order valence-electron chi connectivity index (χ2n) is 8.19. The van der Waals surface area contributed by atoms with Gasteiger partial charge in [-0.1, -0.05) is 42.5 Å². The number of nitrogens with zero attached hydrogens (tertiary/aromatic N) is 2. The molecule has 8 nitrogen and oxygen atoms in total. The quantitative estimate of drug-likeness (QED) is 0.379. The number of benzene rings is 3. The van der Waals surface area contributed by atoms with E-state index in [1.165, 1.54) is 41.1 Å². The Bertz CT molecular complexity index is 1610. The van der Waals surface area contributed by atoms with Gasteiger partial charge in [0.15, 0.2) is 0 Å². The first-order valence-corrected chi connectivity index (χ1v) is 12.5. The highest BCUT2D eigenvalue weighted by Crippen LogP contribution is 2.22. The number of anilines is 1. The van der Waals surface area contributed by atoms with Crippen molar-refractivity contribution in [2.24, 2.45) is 7.05 Å². The third-order valence-electron chi connectivity index (χ3n) is 5.85. The lowest BCUT2D eigenvalue weighted by Gasteiger charge is -2.11. The number of carbonyl (C=O) groups excluding carboxylic acids is 1. The van der Waals surface area contributed by atoms with E-state index in [9.17, 15) is 22.4 Å². The number of esters is 1. The maximum atomic E-state index is 13.8. The minimum Gasteiger partial charge on any atom is -0.457 e. The second-order valence-corrected chi connectivity index (χ2v) is 9.87. The van der Waals surface area contributed by atoms with E-state index < -0.39 is 27.4 Å². The molecule has 0 radical (unpaired) electrons. The van der Waals surface area contributed by atoms with E-state index in [-0.39, 0.29) is 28.3 Å². The van der Waals surface area contributed by atoms with Crippen LogP contribution in [0.25, 0.3) is 5.69 Å². The molecule has 1 aromatic heterocycles. The van der Waals surface area contributed by atoms with Gasteiger partial charge in [-0.25, -0.2) is 22.3 Å². The Labute approximate surface area is 207 Å². The van der Waals surface area contributed by atoms with Crippen molar-refractivity contribution in [2.45, 2.75) is 25.3 Å². The third-order valence-corrected chi connectivity index (χ3v) is 7.19. The molecule has 0 fully saturated rings. The summed E-state index contributed by atoms with van der Waals surface area (Å²) in [6, 6.07) is 18.7. The SMILES string of the molecule is Cc1ccc(S(=O)(=O)Nc2c(C)n(C)n(-c3ccccc3)c2=O)cc1C(=O)OCc1ccccc1F. The minimum atomic E-state index is -4.23. The number of ether oxygens (including phenoxy) is 1. The fraction of sp³-hybridized carbons (Fsp3) is 0.154. The van der Waals surface area contributed by atoms with E-state index in [0.29, 0.717) is 16.9 Å². The van der Waals surface area contributed by atoms with Crippen molar-refractivity contribution in [2.75, 3.05) is 4.72 Å². The van der Waals surface area contributed by atoms with Crippen LogP contribution in [-0.2, 0) is 28.4 Å². The molecule has 10 heteroatoms. The molecule has 0 saturated carbocycles. The second kappa shape index (κ2) is 9.82. The average Bonchev–Trinajstić information content (AvgIpc) is 3.06. The lowest BCUT2D eigenvalue weighted by Crippen LogP contribution is -2.23. The normalized spacial score (nSPS) is 11.3. The maximum Gasteiger partial charge on any atom is 0.338 e. The molecule has 4 rings (SSSR count). The van der Waals surface area contributed by atoms with Crippen molar-refractivity contribution in [3.63, 3.8) is 0 Å². The summed E-state index contributed by atoms with van der Waals surface area (Å²) in [4.78, 5) is 25.6. The number of carbonyl (C=O) groups is 1. The number of nitrogens with one attached hydrogen (secondary N) is 1. The molecule has 3 aromatic carbocycles. The van der Waals surface area contributed by atoms with Gasteiger partial charge in [-0.3, -0.25) is 14.2 Å². The Morgan fingerprint density at radius 2 is 1.67 bits per heavy atom. The fourth-order valence-corrected chi connectivity index (χ4v) is 4.85. The van der Waals surface area contributed by atoms with E-state index in [0.717, 1.165) is 0 Å². The average molecular weight is 510 g/mol. The van der Waals surface area contributed by atoms with E-state index >= 15 is 0 Å². The molecule has 1 N–H and O–H groups in total. The third kappa shape index (κ3) is 4.80. The van der Waals surface area contributed by atoms with Gasteiger partial charge in [-0.05, 0) is 49.7 Å². The first kappa shape index (κ1) is 24.9. The zero-order valence-corrected chi connectivity index (χ0v) is 20.7. The number of halogens is 1. The molecule has 0 spiro atoms. The molecular formula is C26H24FN3O5S. The van der Waals surface area contributed by atoms with Gasteiger partial charge in [-0.2, -0.15) is 0 Å². The van der Waals surface area contributed by atoms with Crippen molar-refractivity contribution in [1.29, 1.82) is 0 Å². The summed E-state index contributed by atoms with van der Waals surface area (Å²) in [7, 11) is -2.59. The lowest BCUT2D eigenvalue weighted by molar-refractivity contribution is 0.0468. The lowest BCUT2D eigenvalue weighted by atomic mass is 10.1. The van der Waals surface area contributed by atoms with Crippen molar-refractivity contribution < 1.29 is 22.3 Å². The van der Waals surface area contributed by atoms with Crippen LogP contribution in [0.4, 0.5) is 10.1 Å². The molecule has 0 atom stereocenters. The van der Waals surface area contributed by atoms with Gasteiger partial charge in [-0.15, -0.1) is 0 Å². The first-order chi connectivity index (χ1) is 17.1. The van der Waals surface area contributed by atoms with Crippen LogP contribution < -0.4 is 10.3 Å². The van der Waals surface area contributed by atoms with E-state index in [1.54, 1.807) is 55.9 Å². The topological polar surface area (TPSA) is 99.4 Å². The van der Waals surface area contributed by atoms with E-state index in [4.69, 9.17) is 4.74 Å². The van der Waals surface area contributed by atoms with Crippen LogP contribution in [0.1, 0.15) is 27.2 Å². The number of hydrogen-bond donors (Lipinski definition) is 1.